The molecule has 0 N–H and O–H groups in total. The highest BCUT2D eigenvalue weighted by Gasteiger charge is 2.08. The molecule has 0 aliphatic rings. The van der Waals surface area contributed by atoms with Crippen LogP contribution in [0.4, 0.5) is 8.78 Å². The molecule has 0 spiro atoms. The number of benzene rings is 1. The van der Waals surface area contributed by atoms with E-state index in [1.165, 1.54) is 12.1 Å². The van der Waals surface area contributed by atoms with Gasteiger partial charge in [0, 0.05) is 11.5 Å². The highest BCUT2D eigenvalue weighted by Crippen LogP contribution is 2.21. The zero-order valence-corrected chi connectivity index (χ0v) is 10.2. The standard InChI is InChI=1S/C14H15F2NO.CH4/c1-2-3-4-9-18-13-8-5-10-12(17-13)7-6-11(15)14(10)16;/h5-8H,2-4,9H2,1H3;1H4. The van der Waals surface area contributed by atoms with Crippen LogP contribution < -0.4 is 4.74 Å². The van der Waals surface area contributed by atoms with E-state index in [0.717, 1.165) is 25.3 Å². The molecule has 104 valence electrons. The van der Waals surface area contributed by atoms with E-state index in [4.69, 9.17) is 4.74 Å². The van der Waals surface area contributed by atoms with Crippen molar-refractivity contribution in [3.05, 3.63) is 35.9 Å². The first-order valence-corrected chi connectivity index (χ1v) is 6.10. The van der Waals surface area contributed by atoms with Crippen molar-refractivity contribution in [1.82, 2.24) is 4.98 Å². The maximum absolute atomic E-state index is 13.4. The molecule has 0 saturated carbocycles. The van der Waals surface area contributed by atoms with Crippen LogP contribution in [0.2, 0.25) is 0 Å². The molecule has 0 radical (unpaired) electrons. The quantitative estimate of drug-likeness (QED) is 0.731. The maximum atomic E-state index is 13.4. The Labute approximate surface area is 112 Å². The molecule has 0 amide bonds. The molecule has 19 heavy (non-hydrogen) atoms. The fourth-order valence-corrected chi connectivity index (χ4v) is 1.73. The predicted molar refractivity (Wildman–Crippen MR) is 73.4 cm³/mol. The van der Waals surface area contributed by atoms with E-state index in [1.54, 1.807) is 6.07 Å². The summed E-state index contributed by atoms with van der Waals surface area (Å²) in [6, 6.07) is 5.59. The smallest absolute Gasteiger partial charge is 0.213 e. The van der Waals surface area contributed by atoms with Crippen molar-refractivity contribution in [2.75, 3.05) is 6.61 Å². The van der Waals surface area contributed by atoms with Crippen LogP contribution in [0, 0.1) is 11.6 Å². The van der Waals surface area contributed by atoms with Crippen LogP contribution in [0.15, 0.2) is 24.3 Å². The van der Waals surface area contributed by atoms with Crippen molar-refractivity contribution in [3.63, 3.8) is 0 Å². The summed E-state index contributed by atoms with van der Waals surface area (Å²) >= 11 is 0. The van der Waals surface area contributed by atoms with Gasteiger partial charge in [0.25, 0.3) is 0 Å². The van der Waals surface area contributed by atoms with Crippen LogP contribution >= 0.6 is 0 Å². The van der Waals surface area contributed by atoms with Crippen LogP contribution in [0.5, 0.6) is 5.88 Å². The van der Waals surface area contributed by atoms with Gasteiger partial charge in [0.15, 0.2) is 11.6 Å². The lowest BCUT2D eigenvalue weighted by molar-refractivity contribution is 0.296. The van der Waals surface area contributed by atoms with Crippen molar-refractivity contribution >= 4 is 10.9 Å². The molecule has 0 atom stereocenters. The van der Waals surface area contributed by atoms with Crippen LogP contribution in [0.3, 0.4) is 0 Å². The van der Waals surface area contributed by atoms with Crippen molar-refractivity contribution in [1.29, 1.82) is 0 Å². The lowest BCUT2D eigenvalue weighted by atomic mass is 10.2. The van der Waals surface area contributed by atoms with Gasteiger partial charge in [-0.1, -0.05) is 27.2 Å². The monoisotopic (exact) mass is 267 g/mol. The number of unbranched alkanes of at least 4 members (excludes halogenated alkanes) is 2. The highest BCUT2D eigenvalue weighted by molar-refractivity contribution is 5.79. The fraction of sp³-hybridized carbons (Fsp3) is 0.400. The Morgan fingerprint density at radius 2 is 1.89 bits per heavy atom. The van der Waals surface area contributed by atoms with Crippen molar-refractivity contribution in [3.8, 4) is 5.88 Å². The van der Waals surface area contributed by atoms with Crippen molar-refractivity contribution < 1.29 is 13.5 Å². The number of pyridine rings is 1. The average Bonchev–Trinajstić information content (AvgIpc) is 2.39. The van der Waals surface area contributed by atoms with Gasteiger partial charge in [-0.15, -0.1) is 0 Å². The van der Waals surface area contributed by atoms with E-state index in [9.17, 15) is 8.78 Å². The van der Waals surface area contributed by atoms with Gasteiger partial charge in [-0.2, -0.15) is 0 Å². The van der Waals surface area contributed by atoms with Gasteiger partial charge < -0.3 is 4.74 Å². The van der Waals surface area contributed by atoms with Crippen molar-refractivity contribution in [2.24, 2.45) is 0 Å². The minimum Gasteiger partial charge on any atom is -0.478 e. The summed E-state index contributed by atoms with van der Waals surface area (Å²) < 4.78 is 31.9. The van der Waals surface area contributed by atoms with Crippen molar-refractivity contribution in [2.45, 2.75) is 33.6 Å². The van der Waals surface area contributed by atoms with Gasteiger partial charge in [-0.3, -0.25) is 0 Å². The summed E-state index contributed by atoms with van der Waals surface area (Å²) in [5, 5.41) is 0.177. The first kappa shape index (κ1) is 15.3. The minimum atomic E-state index is -0.863. The Hall–Kier alpha value is -1.71. The Morgan fingerprint density at radius 3 is 2.63 bits per heavy atom. The lowest BCUT2D eigenvalue weighted by Crippen LogP contribution is -1.99. The lowest BCUT2D eigenvalue weighted by Gasteiger charge is -2.06. The van der Waals surface area contributed by atoms with E-state index in [-0.39, 0.29) is 12.8 Å². The van der Waals surface area contributed by atoms with Gasteiger partial charge in [0.1, 0.15) is 0 Å². The molecular formula is C15H19F2NO. The second-order valence-electron chi connectivity index (χ2n) is 4.13. The summed E-state index contributed by atoms with van der Waals surface area (Å²) in [6.07, 6.45) is 3.19. The van der Waals surface area contributed by atoms with Gasteiger partial charge in [0.2, 0.25) is 5.88 Å². The number of ether oxygens (including phenoxy) is 1. The molecule has 0 fully saturated rings. The summed E-state index contributed by atoms with van der Waals surface area (Å²) in [6.45, 7) is 2.71. The molecular weight excluding hydrogens is 248 g/mol. The third-order valence-electron chi connectivity index (χ3n) is 2.73. The molecule has 0 unspecified atom stereocenters. The number of halogens is 2. The van der Waals surface area contributed by atoms with Crippen LogP contribution in [-0.2, 0) is 0 Å². The first-order chi connectivity index (χ1) is 8.72. The number of aromatic nitrogens is 1. The first-order valence-electron chi connectivity index (χ1n) is 6.10. The zero-order chi connectivity index (χ0) is 13.0. The van der Waals surface area contributed by atoms with Gasteiger partial charge in [-0.25, -0.2) is 13.8 Å². The topological polar surface area (TPSA) is 22.1 Å². The number of fused-ring (bicyclic) bond motifs is 1. The Bertz CT molecular complexity index is 543. The van der Waals surface area contributed by atoms with Crippen LogP contribution in [-0.4, -0.2) is 11.6 Å². The second-order valence-corrected chi connectivity index (χ2v) is 4.13. The molecule has 0 saturated heterocycles. The largest absolute Gasteiger partial charge is 0.478 e. The average molecular weight is 267 g/mol. The molecule has 1 heterocycles. The molecule has 1 aromatic carbocycles. The molecule has 4 heteroatoms. The predicted octanol–water partition coefficient (Wildman–Crippen LogP) is 4.72. The molecule has 2 nitrogen and oxygen atoms in total. The number of nitrogens with zero attached hydrogens (tertiary/aromatic N) is 1. The minimum absolute atomic E-state index is 0. The van der Waals surface area contributed by atoms with E-state index in [0.29, 0.717) is 18.0 Å². The third-order valence-corrected chi connectivity index (χ3v) is 2.73. The normalized spacial score (nSPS) is 10.3. The molecule has 0 aliphatic heterocycles. The van der Waals surface area contributed by atoms with Crippen LogP contribution in [0.1, 0.15) is 33.6 Å². The fourth-order valence-electron chi connectivity index (χ4n) is 1.73. The SMILES string of the molecule is C.CCCCCOc1ccc2c(F)c(F)ccc2n1. The zero-order valence-electron chi connectivity index (χ0n) is 10.2. The third kappa shape index (κ3) is 3.63. The van der Waals surface area contributed by atoms with Gasteiger partial charge >= 0.3 is 0 Å². The highest BCUT2D eigenvalue weighted by atomic mass is 19.2. The van der Waals surface area contributed by atoms with E-state index in [1.807, 2.05) is 0 Å². The summed E-state index contributed by atoms with van der Waals surface area (Å²) in [5.74, 6) is -1.27. The van der Waals surface area contributed by atoms with Crippen LogP contribution in [0.25, 0.3) is 10.9 Å². The van der Waals surface area contributed by atoms with Gasteiger partial charge in [-0.05, 0) is 24.6 Å². The Kier molecular flexibility index (Phi) is 5.67. The van der Waals surface area contributed by atoms with Gasteiger partial charge in [0.05, 0.1) is 12.1 Å². The van der Waals surface area contributed by atoms with E-state index >= 15 is 0 Å². The Balaban J connectivity index is 0.00000180. The molecule has 2 rings (SSSR count). The second kappa shape index (κ2) is 7.02. The molecule has 2 aromatic rings. The van der Waals surface area contributed by atoms with E-state index in [2.05, 4.69) is 11.9 Å². The van der Waals surface area contributed by atoms with E-state index < -0.39 is 11.6 Å². The molecule has 1 aromatic heterocycles. The maximum Gasteiger partial charge on any atom is 0.213 e. The molecule has 0 bridgehead atoms. The summed E-state index contributed by atoms with van der Waals surface area (Å²) in [5.41, 5.74) is 0.405. The number of rotatable bonds is 5. The molecule has 0 aliphatic carbocycles. The number of hydrogen-bond acceptors (Lipinski definition) is 2. The summed E-state index contributed by atoms with van der Waals surface area (Å²) in [7, 11) is 0. The summed E-state index contributed by atoms with van der Waals surface area (Å²) in [4.78, 5) is 4.15. The number of hydrogen-bond donors (Lipinski definition) is 0. The Morgan fingerprint density at radius 1 is 1.11 bits per heavy atom.